The summed E-state index contributed by atoms with van der Waals surface area (Å²) in [7, 11) is -3.11. The highest BCUT2D eigenvalue weighted by Gasteiger charge is 2.41. The van der Waals surface area contributed by atoms with Gasteiger partial charge in [-0.15, -0.1) is 0 Å². The number of hydrogen-bond acceptors (Lipinski definition) is 3. The largest absolute Gasteiger partial charge is 0.382 e. The number of hydrogen-bond donors (Lipinski definition) is 1. The van der Waals surface area contributed by atoms with Crippen LogP contribution in [0.25, 0.3) is 0 Å². The number of rotatable bonds is 2. The molecule has 1 aromatic rings. The zero-order valence-electron chi connectivity index (χ0n) is 8.89. The van der Waals surface area contributed by atoms with Crippen molar-refractivity contribution in [1.82, 2.24) is 0 Å². The smallest absolute Gasteiger partial charge is 0.238 e. The number of benzene rings is 1. The van der Waals surface area contributed by atoms with Gasteiger partial charge in [-0.2, -0.15) is 0 Å². The average Bonchev–Trinajstić information content (AvgIpc) is 3.12. The maximum absolute atomic E-state index is 12.2. The predicted octanol–water partition coefficient (Wildman–Crippen LogP) is 1.41. The number of para-hydroxylation sites is 2. The van der Waals surface area contributed by atoms with Gasteiger partial charge in [-0.1, -0.05) is 12.1 Å². The van der Waals surface area contributed by atoms with Crippen molar-refractivity contribution in [2.45, 2.75) is 18.1 Å². The lowest BCUT2D eigenvalue weighted by Crippen LogP contribution is -2.40. The number of nitrogens with one attached hydrogen (secondary N) is 1. The van der Waals surface area contributed by atoms with Gasteiger partial charge in [-0.3, -0.25) is 4.31 Å². The molecule has 0 amide bonds. The lowest BCUT2D eigenvalue weighted by Gasteiger charge is -2.31. The standard InChI is InChI=1S/C11H14N2O2S/c14-16(15,9-5-6-9)13-8-7-12-10-3-1-2-4-11(10)13/h1-4,9,12H,5-8H2. The van der Waals surface area contributed by atoms with E-state index in [1.807, 2.05) is 24.3 Å². The Bertz CT molecular complexity index is 508. The van der Waals surface area contributed by atoms with Gasteiger partial charge in [0, 0.05) is 6.54 Å². The van der Waals surface area contributed by atoms with Gasteiger partial charge in [-0.05, 0) is 25.0 Å². The summed E-state index contributed by atoms with van der Waals surface area (Å²) in [4.78, 5) is 0. The number of sulfonamides is 1. The summed E-state index contributed by atoms with van der Waals surface area (Å²) in [6, 6.07) is 7.58. The van der Waals surface area contributed by atoms with E-state index < -0.39 is 10.0 Å². The molecule has 1 N–H and O–H groups in total. The molecule has 1 fully saturated rings. The minimum absolute atomic E-state index is 0.140. The molecule has 0 aromatic heterocycles. The molecule has 2 aliphatic rings. The first-order valence-electron chi connectivity index (χ1n) is 5.54. The Kier molecular flexibility index (Phi) is 2.10. The van der Waals surface area contributed by atoms with E-state index in [-0.39, 0.29) is 5.25 Å². The van der Waals surface area contributed by atoms with Crippen molar-refractivity contribution in [3.05, 3.63) is 24.3 Å². The zero-order chi connectivity index (χ0) is 11.2. The maximum Gasteiger partial charge on any atom is 0.238 e. The predicted molar refractivity (Wildman–Crippen MR) is 64.2 cm³/mol. The van der Waals surface area contributed by atoms with E-state index >= 15 is 0 Å². The monoisotopic (exact) mass is 238 g/mol. The molecule has 0 bridgehead atoms. The third-order valence-electron chi connectivity index (χ3n) is 3.06. The van der Waals surface area contributed by atoms with Crippen LogP contribution in [0.4, 0.5) is 11.4 Å². The van der Waals surface area contributed by atoms with Gasteiger partial charge >= 0.3 is 0 Å². The average molecular weight is 238 g/mol. The quantitative estimate of drug-likeness (QED) is 0.847. The summed E-state index contributed by atoms with van der Waals surface area (Å²) in [6.45, 7) is 1.22. The second kappa shape index (κ2) is 3.38. The minimum atomic E-state index is -3.11. The molecular formula is C11H14N2O2S. The Morgan fingerprint density at radius 1 is 1.25 bits per heavy atom. The molecule has 0 radical (unpaired) electrons. The first-order valence-corrected chi connectivity index (χ1v) is 7.04. The molecule has 0 unspecified atom stereocenters. The van der Waals surface area contributed by atoms with Crippen molar-refractivity contribution < 1.29 is 8.42 Å². The van der Waals surface area contributed by atoms with Crippen molar-refractivity contribution in [2.24, 2.45) is 0 Å². The molecule has 5 heteroatoms. The van der Waals surface area contributed by atoms with Crippen LogP contribution in [-0.2, 0) is 10.0 Å². The van der Waals surface area contributed by atoms with Crippen LogP contribution in [0.3, 0.4) is 0 Å². The van der Waals surface area contributed by atoms with Crippen LogP contribution < -0.4 is 9.62 Å². The Balaban J connectivity index is 2.04. The van der Waals surface area contributed by atoms with Crippen LogP contribution in [0.15, 0.2) is 24.3 Å². The lowest BCUT2D eigenvalue weighted by atomic mass is 10.2. The second-order valence-electron chi connectivity index (χ2n) is 4.26. The molecule has 3 rings (SSSR count). The summed E-state index contributed by atoms with van der Waals surface area (Å²) in [5, 5.41) is 3.08. The van der Waals surface area contributed by atoms with Gasteiger partial charge in [0.15, 0.2) is 0 Å². The SMILES string of the molecule is O=S(=O)(C1CC1)N1CCNc2ccccc21. The highest BCUT2D eigenvalue weighted by Crippen LogP contribution is 2.37. The topological polar surface area (TPSA) is 49.4 Å². The molecule has 1 heterocycles. The summed E-state index contributed by atoms with van der Waals surface area (Å²) in [5.41, 5.74) is 1.71. The Labute approximate surface area is 95.3 Å². The Morgan fingerprint density at radius 2 is 2.00 bits per heavy atom. The maximum atomic E-state index is 12.2. The molecule has 1 aromatic carbocycles. The van der Waals surface area contributed by atoms with Crippen LogP contribution in [0.1, 0.15) is 12.8 Å². The van der Waals surface area contributed by atoms with E-state index in [4.69, 9.17) is 0 Å². The third-order valence-corrected chi connectivity index (χ3v) is 5.36. The van der Waals surface area contributed by atoms with E-state index in [1.165, 1.54) is 0 Å². The van der Waals surface area contributed by atoms with Crippen LogP contribution in [0, 0.1) is 0 Å². The minimum Gasteiger partial charge on any atom is -0.382 e. The van der Waals surface area contributed by atoms with E-state index in [0.717, 1.165) is 24.2 Å². The normalized spacial score (nSPS) is 20.1. The molecular weight excluding hydrogens is 224 g/mol. The fraction of sp³-hybridized carbons (Fsp3) is 0.455. The number of anilines is 2. The number of nitrogens with zero attached hydrogens (tertiary/aromatic N) is 1. The molecule has 1 saturated carbocycles. The van der Waals surface area contributed by atoms with Crippen molar-refractivity contribution in [2.75, 3.05) is 22.7 Å². The molecule has 1 aliphatic carbocycles. The first-order chi connectivity index (χ1) is 7.69. The second-order valence-corrected chi connectivity index (χ2v) is 6.40. The van der Waals surface area contributed by atoms with Gasteiger partial charge < -0.3 is 5.32 Å². The van der Waals surface area contributed by atoms with Crippen LogP contribution in [-0.4, -0.2) is 26.8 Å². The van der Waals surface area contributed by atoms with Gasteiger partial charge in [0.1, 0.15) is 0 Å². The van der Waals surface area contributed by atoms with Crippen molar-refractivity contribution in [1.29, 1.82) is 0 Å². The summed E-state index contributed by atoms with van der Waals surface area (Å²) < 4.78 is 26.0. The van der Waals surface area contributed by atoms with Gasteiger partial charge in [-0.25, -0.2) is 8.42 Å². The lowest BCUT2D eigenvalue weighted by molar-refractivity contribution is 0.589. The fourth-order valence-corrected chi connectivity index (χ4v) is 3.93. The first kappa shape index (κ1) is 9.96. The van der Waals surface area contributed by atoms with Crippen molar-refractivity contribution in [3.8, 4) is 0 Å². The fourth-order valence-electron chi connectivity index (χ4n) is 2.06. The third kappa shape index (κ3) is 1.46. The Morgan fingerprint density at radius 3 is 2.75 bits per heavy atom. The van der Waals surface area contributed by atoms with Crippen LogP contribution in [0.5, 0.6) is 0 Å². The van der Waals surface area contributed by atoms with Crippen molar-refractivity contribution >= 4 is 21.4 Å². The van der Waals surface area contributed by atoms with Crippen LogP contribution >= 0.6 is 0 Å². The molecule has 1 aliphatic heterocycles. The molecule has 0 saturated heterocycles. The van der Waals surface area contributed by atoms with Crippen LogP contribution in [0.2, 0.25) is 0 Å². The summed E-state index contributed by atoms with van der Waals surface area (Å²) in [6.07, 6.45) is 1.63. The van der Waals surface area contributed by atoms with Crippen molar-refractivity contribution in [3.63, 3.8) is 0 Å². The van der Waals surface area contributed by atoms with Gasteiger partial charge in [0.2, 0.25) is 10.0 Å². The highest BCUT2D eigenvalue weighted by atomic mass is 32.2. The van der Waals surface area contributed by atoms with E-state index in [9.17, 15) is 8.42 Å². The van der Waals surface area contributed by atoms with Gasteiger partial charge in [0.25, 0.3) is 0 Å². The van der Waals surface area contributed by atoms with E-state index in [1.54, 1.807) is 4.31 Å². The zero-order valence-corrected chi connectivity index (χ0v) is 9.70. The van der Waals surface area contributed by atoms with Gasteiger partial charge in [0.05, 0.1) is 23.2 Å². The van der Waals surface area contributed by atoms with E-state index in [0.29, 0.717) is 13.1 Å². The van der Waals surface area contributed by atoms with E-state index in [2.05, 4.69) is 5.32 Å². The summed E-state index contributed by atoms with van der Waals surface area (Å²) >= 11 is 0. The Hall–Kier alpha value is -1.23. The molecule has 0 atom stereocenters. The highest BCUT2D eigenvalue weighted by molar-refractivity contribution is 7.93. The molecule has 86 valence electrons. The summed E-state index contributed by atoms with van der Waals surface area (Å²) in [5.74, 6) is 0. The molecule has 0 spiro atoms. The number of fused-ring (bicyclic) bond motifs is 1. The molecule has 16 heavy (non-hydrogen) atoms. The molecule has 4 nitrogen and oxygen atoms in total.